The summed E-state index contributed by atoms with van der Waals surface area (Å²) in [6.45, 7) is 4.05. The molecule has 2 N–H and O–H groups in total. The molecule has 0 aliphatic rings. The summed E-state index contributed by atoms with van der Waals surface area (Å²) in [6.07, 6.45) is 2.07. The van der Waals surface area contributed by atoms with Crippen LogP contribution in [0.15, 0.2) is 18.2 Å². The van der Waals surface area contributed by atoms with Gasteiger partial charge >= 0.3 is 0 Å². The Morgan fingerprint density at radius 3 is 2.62 bits per heavy atom. The van der Waals surface area contributed by atoms with E-state index in [4.69, 9.17) is 17.3 Å². The van der Waals surface area contributed by atoms with Gasteiger partial charge < -0.3 is 5.73 Å². The second kappa shape index (κ2) is 6.58. The first-order chi connectivity index (χ1) is 9.90. The van der Waals surface area contributed by atoms with Gasteiger partial charge in [-0.15, -0.1) is 0 Å². The Morgan fingerprint density at radius 1 is 1.33 bits per heavy atom. The molecular weight excluding hydrogens is 289 g/mol. The minimum absolute atomic E-state index is 0.126. The lowest BCUT2D eigenvalue weighted by Crippen LogP contribution is -2.24. The molecule has 0 amide bonds. The first-order valence-corrected chi connectivity index (χ1v) is 7.45. The van der Waals surface area contributed by atoms with Gasteiger partial charge in [0.15, 0.2) is 0 Å². The maximum atomic E-state index is 13.8. The van der Waals surface area contributed by atoms with Crippen LogP contribution in [0.25, 0.3) is 0 Å². The number of aromatic nitrogens is 2. The molecule has 1 unspecified atom stereocenters. The summed E-state index contributed by atoms with van der Waals surface area (Å²) in [5, 5.41) is 4.84. The fourth-order valence-electron chi connectivity index (χ4n) is 2.60. The molecule has 0 radical (unpaired) electrons. The number of nitrogens with zero attached hydrogens (tertiary/aromatic N) is 2. The van der Waals surface area contributed by atoms with Crippen LogP contribution in [-0.2, 0) is 19.9 Å². The van der Waals surface area contributed by atoms with Crippen molar-refractivity contribution in [2.75, 3.05) is 0 Å². The molecule has 114 valence electrons. The maximum Gasteiger partial charge on any atom is 0.127 e. The van der Waals surface area contributed by atoms with E-state index in [9.17, 15) is 4.39 Å². The number of nitrogens with two attached hydrogens (primary N) is 1. The van der Waals surface area contributed by atoms with Gasteiger partial charge in [-0.05, 0) is 50.8 Å². The smallest absolute Gasteiger partial charge is 0.127 e. The van der Waals surface area contributed by atoms with Gasteiger partial charge in [-0.3, -0.25) is 4.68 Å². The van der Waals surface area contributed by atoms with Gasteiger partial charge in [0, 0.05) is 29.4 Å². The highest BCUT2D eigenvalue weighted by Gasteiger charge is 2.14. The summed E-state index contributed by atoms with van der Waals surface area (Å²) in [6, 6.07) is 4.60. The lowest BCUT2D eigenvalue weighted by Gasteiger charge is -2.13. The average Bonchev–Trinajstić information content (AvgIpc) is 2.66. The SMILES string of the molecule is Cc1nn(C)c(C)c1CCC(N)Cc1c(F)cccc1Cl. The van der Waals surface area contributed by atoms with Gasteiger partial charge in [-0.2, -0.15) is 5.10 Å². The summed E-state index contributed by atoms with van der Waals surface area (Å²) in [5.41, 5.74) is 10.1. The minimum atomic E-state index is -0.285. The highest BCUT2D eigenvalue weighted by molar-refractivity contribution is 6.31. The molecule has 2 rings (SSSR count). The molecule has 21 heavy (non-hydrogen) atoms. The lowest BCUT2D eigenvalue weighted by atomic mass is 9.98. The Morgan fingerprint density at radius 2 is 2.05 bits per heavy atom. The summed E-state index contributed by atoms with van der Waals surface area (Å²) in [4.78, 5) is 0. The maximum absolute atomic E-state index is 13.8. The summed E-state index contributed by atoms with van der Waals surface area (Å²) in [7, 11) is 1.94. The molecule has 0 aliphatic carbocycles. The molecule has 2 aromatic rings. The Bertz CT molecular complexity index is 616. The highest BCUT2D eigenvalue weighted by atomic mass is 35.5. The van der Waals surface area contributed by atoms with E-state index < -0.39 is 0 Å². The molecule has 0 fully saturated rings. The number of benzene rings is 1. The molecule has 1 aromatic heterocycles. The fourth-order valence-corrected chi connectivity index (χ4v) is 2.84. The molecular formula is C16H21ClFN3. The molecule has 0 saturated heterocycles. The monoisotopic (exact) mass is 309 g/mol. The van der Waals surface area contributed by atoms with Crippen molar-refractivity contribution < 1.29 is 4.39 Å². The van der Waals surface area contributed by atoms with E-state index in [1.807, 2.05) is 18.7 Å². The van der Waals surface area contributed by atoms with Crippen molar-refractivity contribution in [3.05, 3.63) is 51.6 Å². The number of hydrogen-bond donors (Lipinski definition) is 1. The Labute approximate surface area is 129 Å². The van der Waals surface area contributed by atoms with Crippen molar-refractivity contribution >= 4 is 11.6 Å². The van der Waals surface area contributed by atoms with Crippen LogP contribution in [0.5, 0.6) is 0 Å². The van der Waals surface area contributed by atoms with Crippen molar-refractivity contribution in [3.8, 4) is 0 Å². The van der Waals surface area contributed by atoms with Crippen molar-refractivity contribution in [1.29, 1.82) is 0 Å². The van der Waals surface area contributed by atoms with E-state index in [1.54, 1.807) is 12.1 Å². The van der Waals surface area contributed by atoms with Crippen LogP contribution in [0.1, 0.15) is 28.9 Å². The van der Waals surface area contributed by atoms with Crippen LogP contribution in [-0.4, -0.2) is 15.8 Å². The third-order valence-electron chi connectivity index (χ3n) is 3.95. The molecule has 0 aliphatic heterocycles. The van der Waals surface area contributed by atoms with E-state index >= 15 is 0 Å². The van der Waals surface area contributed by atoms with Gasteiger partial charge in [-0.1, -0.05) is 17.7 Å². The zero-order valence-electron chi connectivity index (χ0n) is 12.7. The Balaban J connectivity index is 2.01. The number of rotatable bonds is 5. The number of halogens is 2. The first-order valence-electron chi connectivity index (χ1n) is 7.07. The standard InChI is InChI=1S/C16H21ClFN3/c1-10-13(11(2)21(3)20-10)8-7-12(19)9-14-15(17)5-4-6-16(14)18/h4-6,12H,7-9,19H2,1-3H3. The van der Waals surface area contributed by atoms with Crippen molar-refractivity contribution in [3.63, 3.8) is 0 Å². The second-order valence-corrected chi connectivity index (χ2v) is 5.88. The molecule has 1 aromatic carbocycles. The third kappa shape index (κ3) is 3.63. The molecule has 0 saturated carbocycles. The van der Waals surface area contributed by atoms with Crippen LogP contribution in [0.4, 0.5) is 4.39 Å². The average molecular weight is 310 g/mol. The summed E-state index contributed by atoms with van der Waals surface area (Å²) in [5.74, 6) is -0.285. The van der Waals surface area contributed by atoms with Crippen LogP contribution >= 0.6 is 11.6 Å². The Hall–Kier alpha value is -1.39. The van der Waals surface area contributed by atoms with E-state index in [0.717, 1.165) is 24.2 Å². The van der Waals surface area contributed by atoms with E-state index in [-0.39, 0.29) is 11.9 Å². The molecule has 1 heterocycles. The van der Waals surface area contributed by atoms with Gasteiger partial charge in [0.1, 0.15) is 5.82 Å². The van der Waals surface area contributed by atoms with Crippen molar-refractivity contribution in [1.82, 2.24) is 9.78 Å². The zero-order chi connectivity index (χ0) is 15.6. The van der Waals surface area contributed by atoms with Crippen molar-refractivity contribution in [2.45, 2.75) is 39.2 Å². The van der Waals surface area contributed by atoms with E-state index in [1.165, 1.54) is 11.6 Å². The number of hydrogen-bond acceptors (Lipinski definition) is 2. The quantitative estimate of drug-likeness (QED) is 0.920. The van der Waals surface area contributed by atoms with Gasteiger partial charge in [0.2, 0.25) is 0 Å². The normalized spacial score (nSPS) is 12.7. The topological polar surface area (TPSA) is 43.8 Å². The zero-order valence-corrected chi connectivity index (χ0v) is 13.4. The van der Waals surface area contributed by atoms with Crippen LogP contribution in [0, 0.1) is 19.7 Å². The fraction of sp³-hybridized carbons (Fsp3) is 0.438. The van der Waals surface area contributed by atoms with Gasteiger partial charge in [0.25, 0.3) is 0 Å². The van der Waals surface area contributed by atoms with E-state index in [2.05, 4.69) is 12.0 Å². The molecule has 3 nitrogen and oxygen atoms in total. The minimum Gasteiger partial charge on any atom is -0.327 e. The first kappa shape index (κ1) is 16.0. The second-order valence-electron chi connectivity index (χ2n) is 5.48. The molecule has 0 spiro atoms. The summed E-state index contributed by atoms with van der Waals surface area (Å²) < 4.78 is 15.6. The van der Waals surface area contributed by atoms with Crippen LogP contribution in [0.2, 0.25) is 5.02 Å². The predicted molar refractivity (Wildman–Crippen MR) is 84.1 cm³/mol. The Kier molecular flexibility index (Phi) is 5.01. The molecule has 1 atom stereocenters. The summed E-state index contributed by atoms with van der Waals surface area (Å²) >= 11 is 6.04. The number of aryl methyl sites for hydroxylation is 2. The molecule has 0 bridgehead atoms. The third-order valence-corrected chi connectivity index (χ3v) is 4.31. The van der Waals surface area contributed by atoms with E-state index in [0.29, 0.717) is 17.0 Å². The highest BCUT2D eigenvalue weighted by Crippen LogP contribution is 2.22. The van der Waals surface area contributed by atoms with Crippen LogP contribution in [0.3, 0.4) is 0 Å². The van der Waals surface area contributed by atoms with Crippen molar-refractivity contribution in [2.24, 2.45) is 12.8 Å². The van der Waals surface area contributed by atoms with Gasteiger partial charge in [0.05, 0.1) is 5.69 Å². The molecule has 5 heteroatoms. The largest absolute Gasteiger partial charge is 0.327 e. The lowest BCUT2D eigenvalue weighted by molar-refractivity contribution is 0.565. The predicted octanol–water partition coefficient (Wildman–Crippen LogP) is 3.33. The van der Waals surface area contributed by atoms with Crippen LogP contribution < -0.4 is 5.73 Å². The van der Waals surface area contributed by atoms with Gasteiger partial charge in [-0.25, -0.2) is 4.39 Å².